The molecule has 3 fully saturated rings. The van der Waals surface area contributed by atoms with Gasteiger partial charge in [-0.1, -0.05) is 77.5 Å². The highest BCUT2D eigenvalue weighted by atomic mass is 16.7. The molecule has 0 aromatic heterocycles. The molecule has 0 N–H and O–H groups in total. The molecule has 3 saturated carbocycles. The Morgan fingerprint density at radius 3 is 2.49 bits per heavy atom. The van der Waals surface area contributed by atoms with E-state index in [1.807, 2.05) is 0 Å². The normalized spacial score (nSPS) is 41.3. The van der Waals surface area contributed by atoms with Crippen LogP contribution >= 0.6 is 0 Å². The highest BCUT2D eigenvalue weighted by molar-refractivity contribution is 5.60. The van der Waals surface area contributed by atoms with Gasteiger partial charge in [0.1, 0.15) is 12.2 Å². The summed E-state index contributed by atoms with van der Waals surface area (Å²) in [6, 6.07) is 0. The van der Waals surface area contributed by atoms with E-state index in [1.165, 1.54) is 38.5 Å². The largest absolute Gasteiger partial charge is 0.508 e. The van der Waals surface area contributed by atoms with Crippen LogP contribution in [0.5, 0.6) is 0 Å². The van der Waals surface area contributed by atoms with Gasteiger partial charge in [0, 0.05) is 6.42 Å². The minimum Gasteiger partial charge on any atom is -0.431 e. The number of rotatable bonds is 7. The van der Waals surface area contributed by atoms with Crippen molar-refractivity contribution in [3.05, 3.63) is 36.0 Å². The van der Waals surface area contributed by atoms with Gasteiger partial charge in [0.2, 0.25) is 0 Å². The second-order valence-corrected chi connectivity index (χ2v) is 15.5. The van der Waals surface area contributed by atoms with Crippen molar-refractivity contribution in [1.29, 1.82) is 0 Å². The molecule has 3 unspecified atom stereocenters. The van der Waals surface area contributed by atoms with Gasteiger partial charge in [-0.25, -0.2) is 4.79 Å². The minimum absolute atomic E-state index is 0.00392. The van der Waals surface area contributed by atoms with Gasteiger partial charge >= 0.3 is 6.16 Å². The first-order chi connectivity index (χ1) is 19.7. The SMILES string of the molecule is CC[C@H](/C=C/[C@@H](C)[C@H]1CCC2[C@@H]3CC=C4C[C@@H](OC(=O)OC5CC/C=C/CCC5)CC[C@]4(C)C3CC[C@@]21C)C(C)C. The van der Waals surface area contributed by atoms with Crippen LogP contribution < -0.4 is 0 Å². The Labute approximate surface area is 252 Å². The number of hydrogen-bond acceptors (Lipinski definition) is 3. The van der Waals surface area contributed by atoms with Crippen LogP contribution in [0.4, 0.5) is 4.79 Å². The third-order valence-electron chi connectivity index (χ3n) is 13.0. The Balaban J connectivity index is 1.21. The van der Waals surface area contributed by atoms with Crippen LogP contribution in [0.2, 0.25) is 0 Å². The monoisotopic (exact) mass is 564 g/mol. The fourth-order valence-corrected chi connectivity index (χ4v) is 10.5. The first-order valence-electron chi connectivity index (χ1n) is 17.6. The van der Waals surface area contributed by atoms with Crippen LogP contribution in [0.15, 0.2) is 36.0 Å². The van der Waals surface area contributed by atoms with Crippen molar-refractivity contribution in [1.82, 2.24) is 0 Å². The zero-order valence-corrected chi connectivity index (χ0v) is 27.2. The fraction of sp³-hybridized carbons (Fsp3) is 0.816. The molecule has 41 heavy (non-hydrogen) atoms. The summed E-state index contributed by atoms with van der Waals surface area (Å²) in [5.74, 6) is 5.38. The lowest BCUT2D eigenvalue weighted by molar-refractivity contribution is -0.0618. The second kappa shape index (κ2) is 13.0. The van der Waals surface area contributed by atoms with Crippen LogP contribution in [0.3, 0.4) is 0 Å². The summed E-state index contributed by atoms with van der Waals surface area (Å²) in [6.07, 6.45) is 27.8. The van der Waals surface area contributed by atoms with E-state index in [0.717, 1.165) is 81.0 Å². The predicted octanol–water partition coefficient (Wildman–Crippen LogP) is 10.9. The van der Waals surface area contributed by atoms with E-state index in [9.17, 15) is 4.79 Å². The molecule has 5 aliphatic carbocycles. The molecule has 5 rings (SSSR count). The molecule has 10 atom stereocenters. The summed E-state index contributed by atoms with van der Waals surface area (Å²) >= 11 is 0. The molecule has 0 amide bonds. The van der Waals surface area contributed by atoms with Gasteiger partial charge in [-0.3, -0.25) is 0 Å². The van der Waals surface area contributed by atoms with Crippen molar-refractivity contribution in [3.8, 4) is 0 Å². The van der Waals surface area contributed by atoms with Crippen molar-refractivity contribution >= 4 is 6.16 Å². The molecule has 0 aromatic rings. The lowest BCUT2D eigenvalue weighted by Gasteiger charge is -2.58. The molecular weight excluding hydrogens is 504 g/mol. The predicted molar refractivity (Wildman–Crippen MR) is 169 cm³/mol. The van der Waals surface area contributed by atoms with Crippen LogP contribution in [0.25, 0.3) is 0 Å². The van der Waals surface area contributed by atoms with Crippen molar-refractivity contribution in [2.24, 2.45) is 52.3 Å². The van der Waals surface area contributed by atoms with Crippen molar-refractivity contribution in [2.75, 3.05) is 0 Å². The zero-order valence-electron chi connectivity index (χ0n) is 27.2. The standard InChI is InChI=1S/C38H60O3/c1-7-28(26(2)3)16-15-27(4)33-19-20-34-32-18-17-29-25-31(21-23-37(29,5)35(32)22-24-38(33,34)6)41-36(39)40-30-13-11-9-8-10-12-14-30/h8-9,15-17,26-28,30-35H,7,10-14,18-25H2,1-6H3/b9-8+,16-15+/t27-,28-,30?,31+,32+,33-,34?,35?,37+,38-/m1/s1. The van der Waals surface area contributed by atoms with Crippen molar-refractivity contribution < 1.29 is 14.3 Å². The van der Waals surface area contributed by atoms with Crippen LogP contribution in [-0.2, 0) is 9.47 Å². The van der Waals surface area contributed by atoms with Gasteiger partial charge in [0.25, 0.3) is 0 Å². The molecule has 0 saturated heterocycles. The molecule has 3 heteroatoms. The Morgan fingerprint density at radius 1 is 0.927 bits per heavy atom. The topological polar surface area (TPSA) is 35.5 Å². The number of fused-ring (bicyclic) bond motifs is 5. The zero-order chi connectivity index (χ0) is 29.2. The number of carbonyl (C=O) groups excluding carboxylic acids is 1. The summed E-state index contributed by atoms with van der Waals surface area (Å²) in [6.45, 7) is 14.8. The number of ether oxygens (including phenoxy) is 2. The number of allylic oxidation sites excluding steroid dienone is 5. The Kier molecular flexibility index (Phi) is 9.81. The number of carbonyl (C=O) groups is 1. The van der Waals surface area contributed by atoms with Gasteiger partial charge in [0.05, 0.1) is 0 Å². The fourth-order valence-electron chi connectivity index (χ4n) is 10.5. The molecule has 0 spiro atoms. The number of hydrogen-bond donors (Lipinski definition) is 0. The lowest BCUT2D eigenvalue weighted by atomic mass is 9.47. The van der Waals surface area contributed by atoms with Crippen LogP contribution in [0, 0.1) is 52.3 Å². The summed E-state index contributed by atoms with van der Waals surface area (Å²) in [5, 5.41) is 0. The molecule has 0 heterocycles. The van der Waals surface area contributed by atoms with Gasteiger partial charge in [-0.05, 0) is 136 Å². The maximum Gasteiger partial charge on any atom is 0.508 e. The summed E-state index contributed by atoms with van der Waals surface area (Å²) in [4.78, 5) is 12.7. The summed E-state index contributed by atoms with van der Waals surface area (Å²) < 4.78 is 11.8. The molecule has 3 nitrogen and oxygen atoms in total. The maximum absolute atomic E-state index is 12.7. The van der Waals surface area contributed by atoms with E-state index >= 15 is 0 Å². The molecule has 0 aliphatic heterocycles. The molecule has 0 aromatic carbocycles. The third kappa shape index (κ3) is 6.40. The van der Waals surface area contributed by atoms with E-state index in [0.29, 0.717) is 17.3 Å². The molecule has 0 bridgehead atoms. The molecule has 230 valence electrons. The minimum atomic E-state index is -0.435. The van der Waals surface area contributed by atoms with E-state index in [-0.39, 0.29) is 17.6 Å². The summed E-state index contributed by atoms with van der Waals surface area (Å²) in [7, 11) is 0. The summed E-state index contributed by atoms with van der Waals surface area (Å²) in [5.41, 5.74) is 2.32. The first-order valence-corrected chi connectivity index (χ1v) is 17.6. The highest BCUT2D eigenvalue weighted by Gasteiger charge is 2.59. The van der Waals surface area contributed by atoms with Gasteiger partial charge < -0.3 is 9.47 Å². The average Bonchev–Trinajstić information content (AvgIpc) is 3.27. The van der Waals surface area contributed by atoms with Crippen LogP contribution in [-0.4, -0.2) is 18.4 Å². The van der Waals surface area contributed by atoms with E-state index in [4.69, 9.17) is 9.47 Å². The van der Waals surface area contributed by atoms with Gasteiger partial charge in [0.15, 0.2) is 0 Å². The Bertz CT molecular complexity index is 991. The first kappa shape index (κ1) is 30.9. The Morgan fingerprint density at radius 2 is 1.71 bits per heavy atom. The van der Waals surface area contributed by atoms with E-state index < -0.39 is 6.16 Å². The van der Waals surface area contributed by atoms with Crippen molar-refractivity contribution in [3.63, 3.8) is 0 Å². The quantitative estimate of drug-likeness (QED) is 0.228. The van der Waals surface area contributed by atoms with Gasteiger partial charge in [-0.2, -0.15) is 0 Å². The molecular formula is C38H60O3. The highest BCUT2D eigenvalue weighted by Crippen LogP contribution is 2.67. The molecule has 0 radical (unpaired) electrons. The third-order valence-corrected chi connectivity index (χ3v) is 13.0. The Hall–Kier alpha value is -1.51. The van der Waals surface area contributed by atoms with E-state index in [2.05, 4.69) is 71.9 Å². The smallest absolute Gasteiger partial charge is 0.431 e. The lowest BCUT2D eigenvalue weighted by Crippen LogP contribution is -2.51. The van der Waals surface area contributed by atoms with Gasteiger partial charge in [-0.15, -0.1) is 0 Å². The maximum atomic E-state index is 12.7. The van der Waals surface area contributed by atoms with Crippen LogP contribution in [0.1, 0.15) is 131 Å². The van der Waals surface area contributed by atoms with E-state index in [1.54, 1.807) is 5.57 Å². The second-order valence-electron chi connectivity index (χ2n) is 15.5. The van der Waals surface area contributed by atoms with Crippen molar-refractivity contribution in [2.45, 2.75) is 144 Å². The average molecular weight is 565 g/mol. The molecule has 5 aliphatic rings.